The molecule has 2 atom stereocenters. The minimum Gasteiger partial charge on any atom is -0.359 e. The summed E-state index contributed by atoms with van der Waals surface area (Å²) in [4.78, 5) is 19.4. The van der Waals surface area contributed by atoms with Crippen LogP contribution in [-0.2, 0) is 4.79 Å². The lowest BCUT2D eigenvalue weighted by Crippen LogP contribution is -2.29. The summed E-state index contributed by atoms with van der Waals surface area (Å²) in [6.07, 6.45) is 4.02. The Labute approximate surface area is 141 Å². The smallest absolute Gasteiger partial charge is 0.229 e. The number of hydrogen-bond acceptors (Lipinski definition) is 5. The van der Waals surface area contributed by atoms with E-state index in [4.69, 9.17) is 4.52 Å². The van der Waals surface area contributed by atoms with Gasteiger partial charge in [-0.2, -0.15) is 0 Å². The van der Waals surface area contributed by atoms with E-state index in [0.717, 1.165) is 42.3 Å². The zero-order chi connectivity index (χ0) is 16.7. The van der Waals surface area contributed by atoms with Crippen molar-refractivity contribution in [1.29, 1.82) is 0 Å². The van der Waals surface area contributed by atoms with Gasteiger partial charge in [0.2, 0.25) is 5.91 Å². The first-order valence-electron chi connectivity index (χ1n) is 8.56. The Morgan fingerprint density at radius 2 is 2.17 bits per heavy atom. The van der Waals surface area contributed by atoms with Crippen LogP contribution in [0.4, 0.5) is 11.5 Å². The van der Waals surface area contributed by atoms with Gasteiger partial charge in [-0.25, -0.2) is 4.98 Å². The van der Waals surface area contributed by atoms with Crippen molar-refractivity contribution >= 4 is 17.4 Å². The van der Waals surface area contributed by atoms with Gasteiger partial charge in [-0.3, -0.25) is 4.79 Å². The number of hydrogen-bond donors (Lipinski definition) is 1. The van der Waals surface area contributed by atoms with Crippen LogP contribution in [0.1, 0.15) is 37.1 Å². The van der Waals surface area contributed by atoms with Crippen molar-refractivity contribution in [2.24, 2.45) is 11.8 Å². The summed E-state index contributed by atoms with van der Waals surface area (Å²) in [5.74, 6) is 2.46. The molecule has 1 saturated carbocycles. The maximum Gasteiger partial charge on any atom is 0.229 e. The number of rotatable bonds is 4. The molecule has 1 amide bonds. The average molecular weight is 326 g/mol. The third kappa shape index (κ3) is 2.77. The second-order valence-corrected chi connectivity index (χ2v) is 6.95. The normalized spacial score (nSPS) is 23.5. The Kier molecular flexibility index (Phi) is 3.75. The molecule has 6 heteroatoms. The van der Waals surface area contributed by atoms with Crippen LogP contribution in [0.3, 0.4) is 0 Å². The van der Waals surface area contributed by atoms with E-state index in [9.17, 15) is 4.79 Å². The van der Waals surface area contributed by atoms with Gasteiger partial charge in [-0.1, -0.05) is 18.1 Å². The van der Waals surface area contributed by atoms with Crippen LogP contribution in [0.2, 0.25) is 0 Å². The number of pyridine rings is 1. The maximum absolute atomic E-state index is 12.8. The van der Waals surface area contributed by atoms with Crippen LogP contribution in [0.5, 0.6) is 0 Å². The molecule has 1 aliphatic carbocycles. The molecular weight excluding hydrogens is 304 g/mol. The number of anilines is 2. The predicted molar refractivity (Wildman–Crippen MR) is 90.9 cm³/mol. The van der Waals surface area contributed by atoms with E-state index < -0.39 is 0 Å². The summed E-state index contributed by atoms with van der Waals surface area (Å²) in [5, 5.41) is 7.11. The molecule has 2 fully saturated rings. The van der Waals surface area contributed by atoms with E-state index in [1.54, 1.807) is 6.20 Å². The van der Waals surface area contributed by atoms with E-state index in [1.807, 2.05) is 25.1 Å². The lowest BCUT2D eigenvalue weighted by molar-refractivity contribution is -0.120. The van der Waals surface area contributed by atoms with E-state index >= 15 is 0 Å². The lowest BCUT2D eigenvalue weighted by atomic mass is 9.97. The molecule has 3 heterocycles. The second kappa shape index (κ2) is 5.92. The third-order valence-electron chi connectivity index (χ3n) is 5.01. The first-order valence-corrected chi connectivity index (χ1v) is 8.56. The summed E-state index contributed by atoms with van der Waals surface area (Å²) < 4.78 is 5.42. The number of nitrogens with one attached hydrogen (secondary N) is 1. The van der Waals surface area contributed by atoms with E-state index in [-0.39, 0.29) is 17.7 Å². The molecule has 1 N–H and O–H groups in total. The third-order valence-corrected chi connectivity index (χ3v) is 5.01. The van der Waals surface area contributed by atoms with Gasteiger partial charge < -0.3 is 14.7 Å². The molecule has 126 valence electrons. The first-order chi connectivity index (χ1) is 11.6. The standard InChI is InChI=1S/C18H22N4O2/c1-11-9-22(15-5-3-4-8-19-15)10-14(11)18(23)20-16-12(2)21-24-17(16)13-6-7-13/h3-5,8,11,13-14H,6-7,9-10H2,1-2H3,(H,20,23)/t11-,14-/m1/s1. The summed E-state index contributed by atoms with van der Waals surface area (Å²) in [7, 11) is 0. The van der Waals surface area contributed by atoms with Gasteiger partial charge in [0, 0.05) is 25.2 Å². The van der Waals surface area contributed by atoms with Crippen molar-refractivity contribution in [2.75, 3.05) is 23.3 Å². The number of aryl methyl sites for hydroxylation is 1. The average Bonchev–Trinajstić information content (AvgIpc) is 3.27. The molecule has 0 bridgehead atoms. The Morgan fingerprint density at radius 1 is 1.33 bits per heavy atom. The van der Waals surface area contributed by atoms with Crippen LogP contribution in [-0.4, -0.2) is 29.1 Å². The Balaban J connectivity index is 1.48. The van der Waals surface area contributed by atoms with Crippen molar-refractivity contribution in [1.82, 2.24) is 10.1 Å². The topological polar surface area (TPSA) is 71.3 Å². The molecule has 2 aromatic heterocycles. The highest BCUT2D eigenvalue weighted by Crippen LogP contribution is 2.44. The molecule has 0 radical (unpaired) electrons. The largest absolute Gasteiger partial charge is 0.359 e. The monoisotopic (exact) mass is 326 g/mol. The number of nitrogens with zero attached hydrogens (tertiary/aromatic N) is 3. The van der Waals surface area contributed by atoms with Crippen LogP contribution >= 0.6 is 0 Å². The van der Waals surface area contributed by atoms with Crippen LogP contribution in [0, 0.1) is 18.8 Å². The van der Waals surface area contributed by atoms with E-state index in [2.05, 4.69) is 27.3 Å². The highest BCUT2D eigenvalue weighted by molar-refractivity contribution is 5.94. The number of amides is 1. The maximum atomic E-state index is 12.8. The SMILES string of the molecule is Cc1noc(C2CC2)c1NC(=O)[C@@H]1CN(c2ccccn2)C[C@H]1C. The van der Waals surface area contributed by atoms with Crippen molar-refractivity contribution in [3.05, 3.63) is 35.9 Å². The van der Waals surface area contributed by atoms with Gasteiger partial charge in [-0.05, 0) is 37.8 Å². The molecule has 6 nitrogen and oxygen atoms in total. The summed E-state index contributed by atoms with van der Waals surface area (Å²) >= 11 is 0. The molecule has 0 spiro atoms. The summed E-state index contributed by atoms with van der Waals surface area (Å²) in [5.41, 5.74) is 1.54. The van der Waals surface area contributed by atoms with Gasteiger partial charge in [-0.15, -0.1) is 0 Å². The Bertz CT molecular complexity index is 739. The first kappa shape index (κ1) is 15.2. The molecule has 2 aromatic rings. The summed E-state index contributed by atoms with van der Waals surface area (Å²) in [6, 6.07) is 5.87. The fourth-order valence-corrected chi connectivity index (χ4v) is 3.42. The molecule has 24 heavy (non-hydrogen) atoms. The minimum atomic E-state index is -0.0617. The molecule has 1 aliphatic heterocycles. The van der Waals surface area contributed by atoms with Crippen LogP contribution in [0.25, 0.3) is 0 Å². The quantitative estimate of drug-likeness (QED) is 0.935. The van der Waals surface area contributed by atoms with Gasteiger partial charge in [0.25, 0.3) is 0 Å². The zero-order valence-corrected chi connectivity index (χ0v) is 14.0. The van der Waals surface area contributed by atoms with Crippen molar-refractivity contribution in [3.63, 3.8) is 0 Å². The van der Waals surface area contributed by atoms with Gasteiger partial charge in [0.15, 0.2) is 5.76 Å². The fourth-order valence-electron chi connectivity index (χ4n) is 3.42. The Hall–Kier alpha value is -2.37. The van der Waals surface area contributed by atoms with Gasteiger partial charge in [0.05, 0.1) is 5.92 Å². The van der Waals surface area contributed by atoms with E-state index in [1.165, 1.54) is 0 Å². The highest BCUT2D eigenvalue weighted by Gasteiger charge is 2.37. The van der Waals surface area contributed by atoms with Crippen molar-refractivity contribution < 1.29 is 9.32 Å². The predicted octanol–water partition coefficient (Wildman–Crippen LogP) is 2.97. The molecule has 2 aliphatic rings. The molecular formula is C18H22N4O2. The van der Waals surface area contributed by atoms with E-state index in [0.29, 0.717) is 12.5 Å². The molecule has 1 saturated heterocycles. The number of carbonyl (C=O) groups excluding carboxylic acids is 1. The van der Waals surface area contributed by atoms with Crippen molar-refractivity contribution in [3.8, 4) is 0 Å². The fraction of sp³-hybridized carbons (Fsp3) is 0.500. The summed E-state index contributed by atoms with van der Waals surface area (Å²) in [6.45, 7) is 5.53. The zero-order valence-electron chi connectivity index (χ0n) is 14.0. The highest BCUT2D eigenvalue weighted by atomic mass is 16.5. The van der Waals surface area contributed by atoms with Gasteiger partial charge in [0.1, 0.15) is 17.2 Å². The lowest BCUT2D eigenvalue weighted by Gasteiger charge is -2.17. The Morgan fingerprint density at radius 3 is 2.88 bits per heavy atom. The number of carbonyl (C=O) groups is 1. The van der Waals surface area contributed by atoms with Crippen molar-refractivity contribution in [2.45, 2.75) is 32.6 Å². The number of aromatic nitrogens is 2. The molecule has 0 aromatic carbocycles. The molecule has 4 rings (SSSR count). The second-order valence-electron chi connectivity index (χ2n) is 6.95. The minimum absolute atomic E-state index is 0.0501. The van der Waals surface area contributed by atoms with Crippen LogP contribution < -0.4 is 10.2 Å². The molecule has 0 unspecified atom stereocenters. The van der Waals surface area contributed by atoms with Crippen LogP contribution in [0.15, 0.2) is 28.9 Å². The van der Waals surface area contributed by atoms with Gasteiger partial charge >= 0.3 is 0 Å².